The summed E-state index contributed by atoms with van der Waals surface area (Å²) in [7, 11) is -3.86. The summed E-state index contributed by atoms with van der Waals surface area (Å²) in [5, 5.41) is 11.0. The van der Waals surface area contributed by atoms with E-state index in [-0.39, 0.29) is 35.6 Å². The van der Waals surface area contributed by atoms with E-state index in [1.54, 1.807) is 13.8 Å². The fraction of sp³-hybridized carbons (Fsp3) is 0.452. The largest absolute Gasteiger partial charge is 0.490 e. The molecule has 5 rings (SSSR count). The van der Waals surface area contributed by atoms with Crippen LogP contribution >= 0.6 is 0 Å². The molecule has 14 heteroatoms. The standard InChI is InChI=1S/C29H36N4O4S.C2HF3O2/c1-19-7-6-8-24(15-19)25-17-33(38(35,36)28-22(4)30-37-23(28)5)18-26(25)29(34)32-13-11-31(12-14-32)27-16-20(2)9-10-21(27)3;3-2(4,5)1(6)7/h6-10,15-16,25-26H,11-14,17-18H2,1-5H3;(H,6,7)/t25-,26+;/m0./s1. The molecule has 1 aromatic heterocycles. The third kappa shape index (κ3) is 7.50. The smallest absolute Gasteiger partial charge is 0.475 e. The van der Waals surface area contributed by atoms with Gasteiger partial charge in [-0.15, -0.1) is 0 Å². The number of piperazine rings is 1. The third-order valence-electron chi connectivity index (χ3n) is 8.18. The molecule has 244 valence electrons. The number of hydrogen-bond donors (Lipinski definition) is 1. The molecular weight excluding hydrogens is 613 g/mol. The quantitative estimate of drug-likeness (QED) is 0.425. The number of halogens is 3. The van der Waals surface area contributed by atoms with Crippen LogP contribution < -0.4 is 4.90 Å². The fourth-order valence-electron chi connectivity index (χ4n) is 5.89. The van der Waals surface area contributed by atoms with Gasteiger partial charge in [0.05, 0.1) is 5.92 Å². The monoisotopic (exact) mass is 650 g/mol. The third-order valence-corrected chi connectivity index (χ3v) is 10.3. The molecule has 2 aromatic carbocycles. The summed E-state index contributed by atoms with van der Waals surface area (Å²) in [6, 6.07) is 14.5. The van der Waals surface area contributed by atoms with Crippen LogP contribution in [0.2, 0.25) is 0 Å². The van der Waals surface area contributed by atoms with E-state index in [2.05, 4.69) is 48.2 Å². The first-order valence-corrected chi connectivity index (χ1v) is 15.9. The molecule has 2 aliphatic rings. The van der Waals surface area contributed by atoms with E-state index in [4.69, 9.17) is 14.4 Å². The van der Waals surface area contributed by atoms with Crippen molar-refractivity contribution in [1.29, 1.82) is 0 Å². The first-order chi connectivity index (χ1) is 21.0. The second-order valence-corrected chi connectivity index (χ2v) is 13.4. The summed E-state index contributed by atoms with van der Waals surface area (Å²) < 4.78 is 65.7. The zero-order valence-electron chi connectivity index (χ0n) is 25.8. The van der Waals surface area contributed by atoms with Gasteiger partial charge in [-0.3, -0.25) is 4.79 Å². The van der Waals surface area contributed by atoms with E-state index in [1.807, 2.05) is 30.0 Å². The molecule has 1 N–H and O–H groups in total. The first kappa shape index (κ1) is 34.0. The molecule has 0 unspecified atom stereocenters. The number of nitrogens with zero attached hydrogens (tertiary/aromatic N) is 4. The van der Waals surface area contributed by atoms with E-state index in [1.165, 1.54) is 21.1 Å². The summed E-state index contributed by atoms with van der Waals surface area (Å²) in [5.74, 6) is -3.15. The normalized spacial score (nSPS) is 19.3. The number of carboxylic acid groups (broad SMARTS) is 1. The number of amides is 1. The van der Waals surface area contributed by atoms with Crippen LogP contribution in [0.5, 0.6) is 0 Å². The zero-order valence-corrected chi connectivity index (χ0v) is 26.6. The Bertz CT molecular complexity index is 1650. The predicted octanol–water partition coefficient (Wildman–Crippen LogP) is 4.60. The number of carbonyl (C=O) groups is 2. The van der Waals surface area contributed by atoms with E-state index in [9.17, 15) is 26.4 Å². The molecule has 0 radical (unpaired) electrons. The molecule has 2 aliphatic heterocycles. The SMILES string of the molecule is Cc1cccc([C@@H]2CN(S(=O)(=O)c3c(C)noc3C)C[C@H]2C(=O)N2CCN(c3cc(C)ccc3C)CC2)c1.O=C(O)C(F)(F)F. The molecule has 45 heavy (non-hydrogen) atoms. The Kier molecular flexibility index (Phi) is 9.98. The van der Waals surface area contributed by atoms with Crippen LogP contribution in [0.4, 0.5) is 18.9 Å². The van der Waals surface area contributed by atoms with E-state index in [0.717, 1.165) is 24.2 Å². The number of aryl methyl sites for hydroxylation is 5. The molecule has 3 heterocycles. The molecular formula is C31H37F3N4O6S. The van der Waals surface area contributed by atoms with Crippen LogP contribution in [0.15, 0.2) is 51.9 Å². The van der Waals surface area contributed by atoms with Crippen LogP contribution in [0, 0.1) is 40.5 Å². The van der Waals surface area contributed by atoms with Gasteiger partial charge < -0.3 is 19.4 Å². The van der Waals surface area contributed by atoms with Crippen molar-refractivity contribution in [1.82, 2.24) is 14.4 Å². The molecule has 10 nitrogen and oxygen atoms in total. The minimum absolute atomic E-state index is 0.0218. The number of carbonyl (C=O) groups excluding carboxylic acids is 1. The Morgan fingerprint density at radius 2 is 1.56 bits per heavy atom. The maximum absolute atomic E-state index is 14.0. The summed E-state index contributed by atoms with van der Waals surface area (Å²) in [5.41, 5.74) is 6.08. The average Bonchev–Trinajstić information content (AvgIpc) is 3.58. The minimum atomic E-state index is -5.08. The topological polar surface area (TPSA) is 124 Å². The highest BCUT2D eigenvalue weighted by molar-refractivity contribution is 7.89. The number of anilines is 1. The van der Waals surface area contributed by atoms with Gasteiger partial charge in [-0.1, -0.05) is 47.1 Å². The van der Waals surface area contributed by atoms with Crippen LogP contribution in [0.3, 0.4) is 0 Å². The maximum Gasteiger partial charge on any atom is 0.490 e. The van der Waals surface area contributed by atoms with Crippen molar-refractivity contribution in [2.75, 3.05) is 44.2 Å². The highest BCUT2D eigenvalue weighted by Crippen LogP contribution is 2.38. The van der Waals surface area contributed by atoms with Gasteiger partial charge in [-0.2, -0.15) is 17.5 Å². The van der Waals surface area contributed by atoms with Crippen molar-refractivity contribution < 1.29 is 40.8 Å². The van der Waals surface area contributed by atoms with Gasteiger partial charge in [0, 0.05) is 50.9 Å². The summed E-state index contributed by atoms with van der Waals surface area (Å²) >= 11 is 0. The Hall–Kier alpha value is -3.91. The molecule has 2 saturated heterocycles. The van der Waals surface area contributed by atoms with Crippen LogP contribution in [0.1, 0.15) is 39.6 Å². The Morgan fingerprint density at radius 1 is 0.933 bits per heavy atom. The maximum atomic E-state index is 14.0. The Balaban J connectivity index is 0.000000591. The van der Waals surface area contributed by atoms with Crippen molar-refractivity contribution in [3.63, 3.8) is 0 Å². The van der Waals surface area contributed by atoms with Crippen molar-refractivity contribution in [2.24, 2.45) is 5.92 Å². The summed E-state index contributed by atoms with van der Waals surface area (Å²) in [6.07, 6.45) is -5.08. The Labute approximate surface area is 260 Å². The zero-order chi connectivity index (χ0) is 33.3. The first-order valence-electron chi connectivity index (χ1n) is 14.4. The highest BCUT2D eigenvalue weighted by atomic mass is 32.2. The second kappa shape index (κ2) is 13.2. The lowest BCUT2D eigenvalue weighted by Crippen LogP contribution is -2.51. The second-order valence-electron chi connectivity index (χ2n) is 11.5. The number of carboxylic acids is 1. The number of aromatic nitrogens is 1. The molecule has 0 spiro atoms. The predicted molar refractivity (Wildman–Crippen MR) is 161 cm³/mol. The van der Waals surface area contributed by atoms with Crippen molar-refractivity contribution in [3.05, 3.63) is 76.2 Å². The van der Waals surface area contributed by atoms with Gasteiger partial charge in [-0.25, -0.2) is 13.2 Å². The van der Waals surface area contributed by atoms with E-state index < -0.39 is 28.1 Å². The summed E-state index contributed by atoms with van der Waals surface area (Å²) in [6.45, 7) is 12.6. The number of sulfonamides is 1. The molecule has 0 saturated carbocycles. The van der Waals surface area contributed by atoms with Gasteiger partial charge >= 0.3 is 12.1 Å². The fourth-order valence-corrected chi connectivity index (χ4v) is 7.67. The molecule has 0 bridgehead atoms. The number of benzene rings is 2. The number of hydrogen-bond acceptors (Lipinski definition) is 7. The number of rotatable bonds is 5. The van der Waals surface area contributed by atoms with Gasteiger partial charge in [0.2, 0.25) is 15.9 Å². The molecule has 0 aliphatic carbocycles. The van der Waals surface area contributed by atoms with Crippen LogP contribution in [-0.2, 0) is 19.6 Å². The lowest BCUT2D eigenvalue weighted by atomic mass is 9.87. The van der Waals surface area contributed by atoms with E-state index >= 15 is 0 Å². The highest BCUT2D eigenvalue weighted by Gasteiger charge is 2.46. The van der Waals surface area contributed by atoms with Gasteiger partial charge in [0.15, 0.2) is 5.76 Å². The Morgan fingerprint density at radius 3 is 2.11 bits per heavy atom. The lowest BCUT2D eigenvalue weighted by Gasteiger charge is -2.38. The lowest BCUT2D eigenvalue weighted by molar-refractivity contribution is -0.192. The number of alkyl halides is 3. The molecule has 3 aromatic rings. The van der Waals surface area contributed by atoms with Crippen LogP contribution in [-0.4, -0.2) is 85.2 Å². The van der Waals surface area contributed by atoms with Gasteiger partial charge in [0.1, 0.15) is 10.6 Å². The number of aliphatic carboxylic acids is 1. The van der Waals surface area contributed by atoms with Crippen molar-refractivity contribution in [2.45, 2.75) is 51.6 Å². The van der Waals surface area contributed by atoms with Gasteiger partial charge in [-0.05, 0) is 57.4 Å². The van der Waals surface area contributed by atoms with Crippen LogP contribution in [0.25, 0.3) is 0 Å². The molecule has 2 fully saturated rings. The average molecular weight is 651 g/mol. The van der Waals surface area contributed by atoms with Crippen molar-refractivity contribution >= 4 is 27.6 Å². The van der Waals surface area contributed by atoms with Gasteiger partial charge in [0.25, 0.3) is 0 Å². The summed E-state index contributed by atoms with van der Waals surface area (Å²) in [4.78, 5) is 27.2. The minimum Gasteiger partial charge on any atom is -0.475 e. The molecule has 1 amide bonds. The molecule has 2 atom stereocenters. The van der Waals surface area contributed by atoms with E-state index in [0.29, 0.717) is 18.8 Å². The van der Waals surface area contributed by atoms with Crippen molar-refractivity contribution in [3.8, 4) is 0 Å².